The van der Waals surface area contributed by atoms with E-state index >= 15 is 0 Å². The molecule has 0 N–H and O–H groups in total. The minimum Gasteiger partial charge on any atom is -0.474 e. The van der Waals surface area contributed by atoms with Crippen LogP contribution in [0.4, 0.5) is 0 Å². The molecule has 0 radical (unpaired) electrons. The predicted molar refractivity (Wildman–Crippen MR) is 73.5 cm³/mol. The number of hydrogen-bond acceptors (Lipinski definition) is 2. The van der Waals surface area contributed by atoms with Gasteiger partial charge in [0.25, 0.3) is 0 Å². The van der Waals surface area contributed by atoms with Gasteiger partial charge in [-0.2, -0.15) is 0 Å². The summed E-state index contributed by atoms with van der Waals surface area (Å²) < 4.78 is 6.79. The lowest BCUT2D eigenvalue weighted by atomic mass is 9.82. The molecule has 1 saturated carbocycles. The molecule has 2 nitrogen and oxygen atoms in total. The maximum Gasteiger partial charge on any atom is 0.228 e. The minimum atomic E-state index is 0.277. The van der Waals surface area contributed by atoms with E-state index in [1.807, 2.05) is 6.07 Å². The fourth-order valence-electron chi connectivity index (χ4n) is 2.62. The Morgan fingerprint density at radius 1 is 1.29 bits per heavy atom. The molecule has 1 heterocycles. The zero-order valence-electron chi connectivity index (χ0n) is 10.1. The van der Waals surface area contributed by atoms with Crippen LogP contribution in [0.15, 0.2) is 16.7 Å². The van der Waals surface area contributed by atoms with Gasteiger partial charge in [-0.1, -0.05) is 25.4 Å². The lowest BCUT2D eigenvalue weighted by Gasteiger charge is -2.31. The van der Waals surface area contributed by atoms with Gasteiger partial charge in [0.2, 0.25) is 5.88 Å². The third kappa shape index (κ3) is 3.59. The SMILES string of the molecule is CC1CC(C)CC(Oc2ncc(Cl)cc2Br)C1. The Kier molecular flexibility index (Phi) is 4.31. The molecular weight excluding hydrogens is 302 g/mol. The van der Waals surface area contributed by atoms with Crippen LogP contribution < -0.4 is 4.74 Å². The lowest BCUT2D eigenvalue weighted by molar-refractivity contribution is 0.0959. The second-order valence-electron chi connectivity index (χ2n) is 5.10. The highest BCUT2D eigenvalue weighted by Gasteiger charge is 2.26. The monoisotopic (exact) mass is 317 g/mol. The summed E-state index contributed by atoms with van der Waals surface area (Å²) >= 11 is 9.29. The molecule has 1 aromatic heterocycles. The van der Waals surface area contributed by atoms with Gasteiger partial charge in [-0.15, -0.1) is 0 Å². The summed E-state index contributed by atoms with van der Waals surface area (Å²) in [6.45, 7) is 4.58. The number of pyridine rings is 1. The number of aromatic nitrogens is 1. The quantitative estimate of drug-likeness (QED) is 0.788. The van der Waals surface area contributed by atoms with Crippen molar-refractivity contribution in [3.8, 4) is 5.88 Å². The third-order valence-electron chi connectivity index (χ3n) is 3.19. The summed E-state index contributed by atoms with van der Waals surface area (Å²) in [5.74, 6) is 2.12. The van der Waals surface area contributed by atoms with E-state index in [4.69, 9.17) is 16.3 Å². The van der Waals surface area contributed by atoms with Gasteiger partial charge >= 0.3 is 0 Å². The molecule has 0 aliphatic heterocycles. The molecule has 94 valence electrons. The molecule has 1 aromatic rings. The minimum absolute atomic E-state index is 0.277. The van der Waals surface area contributed by atoms with Crippen molar-refractivity contribution in [1.29, 1.82) is 0 Å². The zero-order chi connectivity index (χ0) is 12.4. The maximum absolute atomic E-state index is 5.97. The Morgan fingerprint density at radius 3 is 2.53 bits per heavy atom. The zero-order valence-corrected chi connectivity index (χ0v) is 12.5. The molecule has 0 saturated heterocycles. The predicted octanol–water partition coefficient (Wildman–Crippen LogP) is 4.70. The average molecular weight is 319 g/mol. The van der Waals surface area contributed by atoms with Crippen molar-refractivity contribution >= 4 is 27.5 Å². The van der Waals surface area contributed by atoms with E-state index < -0.39 is 0 Å². The Bertz CT molecular complexity index is 389. The average Bonchev–Trinajstić information content (AvgIpc) is 2.21. The van der Waals surface area contributed by atoms with Crippen molar-refractivity contribution in [3.63, 3.8) is 0 Å². The van der Waals surface area contributed by atoms with Gasteiger partial charge < -0.3 is 4.74 Å². The van der Waals surface area contributed by atoms with Crippen LogP contribution in [0.5, 0.6) is 5.88 Å². The molecule has 2 atom stereocenters. The fraction of sp³-hybridized carbons (Fsp3) is 0.615. The van der Waals surface area contributed by atoms with Crippen LogP contribution in [0.3, 0.4) is 0 Å². The van der Waals surface area contributed by atoms with Crippen LogP contribution in [-0.4, -0.2) is 11.1 Å². The number of ether oxygens (including phenoxy) is 1. The van der Waals surface area contributed by atoms with Gasteiger partial charge in [-0.05, 0) is 53.1 Å². The molecule has 0 spiro atoms. The van der Waals surface area contributed by atoms with Crippen molar-refractivity contribution in [1.82, 2.24) is 4.98 Å². The number of rotatable bonds is 2. The van der Waals surface area contributed by atoms with Gasteiger partial charge in [-0.25, -0.2) is 4.98 Å². The van der Waals surface area contributed by atoms with Crippen LogP contribution in [0.2, 0.25) is 5.02 Å². The highest BCUT2D eigenvalue weighted by atomic mass is 79.9. The summed E-state index contributed by atoms with van der Waals surface area (Å²) in [7, 11) is 0. The Hall–Kier alpha value is -0.280. The van der Waals surface area contributed by atoms with Gasteiger partial charge in [0, 0.05) is 6.20 Å². The molecule has 0 aromatic carbocycles. The molecule has 17 heavy (non-hydrogen) atoms. The lowest BCUT2D eigenvalue weighted by Crippen LogP contribution is -2.28. The molecule has 0 bridgehead atoms. The van der Waals surface area contributed by atoms with Crippen LogP contribution in [0.25, 0.3) is 0 Å². The standard InChI is InChI=1S/C13H17BrClNO/c1-8-3-9(2)5-11(4-8)17-13-12(14)6-10(15)7-16-13/h6-9,11H,3-5H2,1-2H3. The van der Waals surface area contributed by atoms with Crippen molar-refractivity contribution < 1.29 is 4.74 Å². The number of hydrogen-bond donors (Lipinski definition) is 0. The van der Waals surface area contributed by atoms with Crippen LogP contribution in [-0.2, 0) is 0 Å². The molecule has 2 unspecified atom stereocenters. The van der Waals surface area contributed by atoms with Crippen LogP contribution in [0, 0.1) is 11.8 Å². The van der Waals surface area contributed by atoms with E-state index in [0.29, 0.717) is 10.9 Å². The van der Waals surface area contributed by atoms with E-state index in [1.165, 1.54) is 6.42 Å². The van der Waals surface area contributed by atoms with Crippen LogP contribution >= 0.6 is 27.5 Å². The van der Waals surface area contributed by atoms with E-state index in [9.17, 15) is 0 Å². The van der Waals surface area contributed by atoms with E-state index in [0.717, 1.165) is 29.2 Å². The van der Waals surface area contributed by atoms with Crippen LogP contribution in [0.1, 0.15) is 33.1 Å². The van der Waals surface area contributed by atoms with Crippen molar-refractivity contribution in [2.24, 2.45) is 11.8 Å². The Morgan fingerprint density at radius 2 is 1.94 bits per heavy atom. The smallest absolute Gasteiger partial charge is 0.228 e. The first-order valence-corrected chi connectivity index (χ1v) is 7.19. The highest BCUT2D eigenvalue weighted by Crippen LogP contribution is 2.33. The van der Waals surface area contributed by atoms with Crippen molar-refractivity contribution in [2.75, 3.05) is 0 Å². The van der Waals surface area contributed by atoms with E-state index in [-0.39, 0.29) is 6.10 Å². The fourth-order valence-corrected chi connectivity index (χ4v) is 3.35. The summed E-state index contributed by atoms with van der Waals surface area (Å²) in [4.78, 5) is 4.22. The molecule has 1 aliphatic rings. The molecule has 4 heteroatoms. The third-order valence-corrected chi connectivity index (χ3v) is 3.96. The van der Waals surface area contributed by atoms with Gasteiger partial charge in [0.1, 0.15) is 6.10 Å². The van der Waals surface area contributed by atoms with Gasteiger partial charge in [-0.3, -0.25) is 0 Å². The largest absolute Gasteiger partial charge is 0.474 e. The summed E-state index contributed by atoms with van der Waals surface area (Å²) in [6.07, 6.45) is 5.42. The summed E-state index contributed by atoms with van der Waals surface area (Å²) in [6, 6.07) is 1.82. The second kappa shape index (κ2) is 5.57. The first-order chi connectivity index (χ1) is 8.04. The second-order valence-corrected chi connectivity index (χ2v) is 6.39. The van der Waals surface area contributed by atoms with Crippen molar-refractivity contribution in [2.45, 2.75) is 39.2 Å². The molecule has 2 rings (SSSR count). The first-order valence-electron chi connectivity index (χ1n) is 6.02. The molecule has 0 amide bonds. The van der Waals surface area contributed by atoms with Gasteiger partial charge in [0.15, 0.2) is 0 Å². The number of nitrogens with zero attached hydrogens (tertiary/aromatic N) is 1. The summed E-state index contributed by atoms with van der Waals surface area (Å²) in [5, 5.41) is 0.620. The normalized spacial score (nSPS) is 29.1. The maximum atomic E-state index is 5.97. The van der Waals surface area contributed by atoms with Gasteiger partial charge in [0.05, 0.1) is 9.50 Å². The Balaban J connectivity index is 2.04. The first kappa shape index (κ1) is 13.2. The van der Waals surface area contributed by atoms with Crippen molar-refractivity contribution in [3.05, 3.63) is 21.8 Å². The Labute approximate surface area is 116 Å². The number of halogens is 2. The van der Waals surface area contributed by atoms with E-state index in [2.05, 4.69) is 34.8 Å². The molecule has 1 fully saturated rings. The topological polar surface area (TPSA) is 22.1 Å². The molecule has 1 aliphatic carbocycles. The molecular formula is C13H17BrClNO. The highest BCUT2D eigenvalue weighted by molar-refractivity contribution is 9.10. The summed E-state index contributed by atoms with van der Waals surface area (Å²) in [5.41, 5.74) is 0. The van der Waals surface area contributed by atoms with E-state index in [1.54, 1.807) is 6.20 Å².